The molecule has 2 fully saturated rings. The van der Waals surface area contributed by atoms with Crippen molar-refractivity contribution in [3.63, 3.8) is 0 Å². The molecular weight excluding hydrogens is 714 g/mol. The van der Waals surface area contributed by atoms with Crippen LogP contribution in [0.15, 0.2) is 0 Å². The van der Waals surface area contributed by atoms with Gasteiger partial charge in [-0.15, -0.1) is 0 Å². The van der Waals surface area contributed by atoms with Crippen LogP contribution < -0.4 is 0 Å². The van der Waals surface area contributed by atoms with Crippen LogP contribution in [0.4, 0.5) is 0 Å². The van der Waals surface area contributed by atoms with Crippen LogP contribution in [0.5, 0.6) is 0 Å². The van der Waals surface area contributed by atoms with Crippen LogP contribution in [-0.2, 0) is 51.5 Å². The van der Waals surface area contributed by atoms with E-state index in [-0.39, 0.29) is 38.5 Å². The van der Waals surface area contributed by atoms with Crippen molar-refractivity contribution in [1.29, 1.82) is 0 Å². The Balaban J connectivity index is 1.56. The Morgan fingerprint density at radius 3 is 0.811 bits per heavy atom. The first kappa shape index (κ1) is 47.0. The van der Waals surface area contributed by atoms with E-state index < -0.39 is 66.1 Å². The second kappa shape index (κ2) is 32.2. The monoisotopic (exact) mass is 780 g/mol. The van der Waals surface area contributed by atoms with Crippen molar-refractivity contribution in [2.75, 3.05) is 0 Å². The number of carbonyl (C=O) groups is 6. The van der Waals surface area contributed by atoms with E-state index in [1.807, 2.05) is 0 Å². The molecule has 0 aromatic rings. The summed E-state index contributed by atoms with van der Waals surface area (Å²) in [7, 11) is 0. The van der Waals surface area contributed by atoms with Gasteiger partial charge in [-0.25, -0.2) is 0 Å². The number of hydrogen-bond acceptors (Lipinski definition) is 12. The minimum absolute atomic E-state index is 0.177. The van der Waals surface area contributed by atoms with Crippen molar-refractivity contribution in [3.8, 4) is 0 Å². The molecule has 14 heteroatoms. The molecule has 0 radical (unpaired) electrons. The summed E-state index contributed by atoms with van der Waals surface area (Å²) in [5.41, 5.74) is 0. The first-order valence-electron chi connectivity index (χ1n) is 21.0. The summed E-state index contributed by atoms with van der Waals surface area (Å²) in [6.07, 6.45) is 27.2. The van der Waals surface area contributed by atoms with E-state index in [2.05, 4.69) is 0 Å². The molecule has 0 spiro atoms. The molecule has 2 saturated heterocycles. The second-order valence-electron chi connectivity index (χ2n) is 14.6. The van der Waals surface area contributed by atoms with Gasteiger partial charge in [-0.1, -0.05) is 135 Å². The van der Waals surface area contributed by atoms with Crippen LogP contribution in [0.1, 0.15) is 212 Å². The van der Waals surface area contributed by atoms with Crippen LogP contribution >= 0.6 is 0 Å². The fourth-order valence-electron chi connectivity index (χ4n) is 6.47. The largest absolute Gasteiger partial charge is 1.20 e. The topological polar surface area (TPSA) is 158 Å². The Morgan fingerprint density at radius 1 is 0.358 bits per heavy atom. The van der Waals surface area contributed by atoms with Gasteiger partial charge < -0.3 is 22.7 Å². The molecule has 53 heavy (non-hydrogen) atoms. The van der Waals surface area contributed by atoms with Crippen LogP contribution in [-0.4, -0.2) is 66.1 Å². The molecule has 0 amide bonds. The first-order valence-corrected chi connectivity index (χ1v) is 23.8. The van der Waals surface area contributed by atoms with E-state index in [4.69, 9.17) is 22.7 Å². The molecule has 0 bridgehead atoms. The number of rotatable bonds is 14. The third-order valence-corrected chi connectivity index (χ3v) is 12.4. The van der Waals surface area contributed by atoms with Gasteiger partial charge in [-0.3, -0.25) is 28.8 Å². The summed E-state index contributed by atoms with van der Waals surface area (Å²) < 4.78 is 32.1. The maximum atomic E-state index is 12.5. The Kier molecular flexibility index (Phi) is 28.5. The molecule has 2 rings (SSSR count). The van der Waals surface area contributed by atoms with Gasteiger partial charge in [0.25, 0.3) is 35.8 Å². The third kappa shape index (κ3) is 28.0. The van der Waals surface area contributed by atoms with Crippen molar-refractivity contribution >= 4 is 66.1 Å². The van der Waals surface area contributed by atoms with Gasteiger partial charge in [0.15, 0.2) is 0 Å². The zero-order valence-corrected chi connectivity index (χ0v) is 34.7. The Morgan fingerprint density at radius 2 is 0.566 bits per heavy atom. The lowest BCUT2D eigenvalue weighted by Crippen LogP contribution is -2.34. The van der Waals surface area contributed by atoms with Crippen LogP contribution in [0.3, 0.4) is 0 Å². The first-order chi connectivity index (χ1) is 25.8. The summed E-state index contributed by atoms with van der Waals surface area (Å²) in [6.45, 7) is 0. The maximum Gasteiger partial charge on any atom is 1.20 e. The van der Waals surface area contributed by atoms with Crippen molar-refractivity contribution in [2.24, 2.45) is 0 Å². The molecule has 0 N–H and O–H groups in total. The molecule has 0 aromatic carbocycles. The van der Waals surface area contributed by atoms with Crippen LogP contribution in [0.2, 0.25) is 0 Å². The van der Waals surface area contributed by atoms with Crippen molar-refractivity contribution in [2.45, 2.75) is 212 Å². The quantitative estimate of drug-likeness (QED) is 0.122. The summed E-state index contributed by atoms with van der Waals surface area (Å²) in [6, 6.07) is 0. The van der Waals surface area contributed by atoms with E-state index in [1.165, 1.54) is 12.8 Å². The molecule has 2 aliphatic heterocycles. The number of unbranched alkanes of at least 4 members (excludes halogenated alkanes) is 8. The lowest BCUT2D eigenvalue weighted by Gasteiger charge is -2.14. The van der Waals surface area contributed by atoms with Gasteiger partial charge in [-0.05, 0) is 38.5 Å². The predicted octanol–water partition coefficient (Wildman–Crippen LogP) is 9.12. The number of carbonyl (C=O) groups excluding carboxylic acids is 6. The minimum atomic E-state index is -3.24. The van der Waals surface area contributed by atoms with E-state index >= 15 is 0 Å². The van der Waals surface area contributed by atoms with E-state index in [9.17, 15) is 28.8 Å². The summed E-state index contributed by atoms with van der Waals surface area (Å²) >= 11 is -6.48. The molecule has 2 aliphatic rings. The zero-order valence-electron chi connectivity index (χ0n) is 32.4. The average molecular weight is 781 g/mol. The molecule has 0 aliphatic carbocycles. The Bertz CT molecular complexity index is 923. The van der Waals surface area contributed by atoms with Gasteiger partial charge in [0.05, 0.1) is 0 Å². The van der Waals surface area contributed by atoms with Gasteiger partial charge >= 0.3 is 30.3 Å². The highest BCUT2D eigenvalue weighted by molar-refractivity contribution is 6.44. The standard InChI is InChI=1S/3C13H24O4.2Al/c3*14-12(15)10-8-6-4-2-1-3-5-7-9-11-13(16)17;;/h3*1-11H2,(H,14,15)(H,16,17);;/q;;;2*+3/p-6. The fraction of sp³-hybridized carbons (Fsp3) is 0.846. The van der Waals surface area contributed by atoms with E-state index in [1.54, 1.807) is 0 Å². The van der Waals surface area contributed by atoms with Crippen molar-refractivity contribution < 1.29 is 51.5 Å². The second-order valence-corrected chi connectivity index (χ2v) is 17.1. The number of hydrogen-bond donors (Lipinski definition) is 0. The van der Waals surface area contributed by atoms with Gasteiger partial charge in [0.1, 0.15) is 0 Å². The Labute approximate surface area is 328 Å². The smallest absolute Gasteiger partial charge is 0.551 e. The van der Waals surface area contributed by atoms with Gasteiger partial charge in [0.2, 0.25) is 0 Å². The molecule has 2 heterocycles. The molecule has 0 saturated carbocycles. The minimum Gasteiger partial charge on any atom is -0.551 e. The highest BCUT2D eigenvalue weighted by Crippen LogP contribution is 2.17. The lowest BCUT2D eigenvalue weighted by molar-refractivity contribution is -0.151. The van der Waals surface area contributed by atoms with E-state index in [0.29, 0.717) is 38.5 Å². The Hall–Kier alpha value is -2.12. The highest BCUT2D eigenvalue weighted by Gasteiger charge is 2.49. The van der Waals surface area contributed by atoms with E-state index in [0.717, 1.165) is 122 Å². The average Bonchev–Trinajstić information content (AvgIpc) is 3.10. The normalized spacial score (nSPS) is 18.9. The predicted molar refractivity (Wildman–Crippen MR) is 200 cm³/mol. The lowest BCUT2D eigenvalue weighted by atomic mass is 10.1. The SMILES string of the molecule is O=C1CCCCCCCCCCCC(=O)[O][Al]([O]C(=O)CCCCCCCCCCCC(=O)[O][Al]2[O]C(=O)CCCCCCCCCCCC(=O)[O]2)[O]1. The van der Waals surface area contributed by atoms with Gasteiger partial charge in [-0.2, -0.15) is 0 Å². The summed E-state index contributed by atoms with van der Waals surface area (Å²) in [4.78, 5) is 74.2. The maximum absolute atomic E-state index is 12.5. The molecule has 0 atom stereocenters. The molecule has 0 unspecified atom stereocenters. The zero-order chi connectivity index (χ0) is 38.2. The summed E-state index contributed by atoms with van der Waals surface area (Å²) in [5, 5.41) is 0. The van der Waals surface area contributed by atoms with Crippen molar-refractivity contribution in [3.05, 3.63) is 0 Å². The van der Waals surface area contributed by atoms with Crippen LogP contribution in [0, 0.1) is 0 Å². The van der Waals surface area contributed by atoms with Gasteiger partial charge in [0, 0.05) is 38.5 Å². The van der Waals surface area contributed by atoms with Crippen LogP contribution in [0.25, 0.3) is 0 Å². The highest BCUT2D eigenvalue weighted by atomic mass is 27.3. The third-order valence-electron chi connectivity index (χ3n) is 9.65. The van der Waals surface area contributed by atoms with Crippen molar-refractivity contribution in [1.82, 2.24) is 0 Å². The fourth-order valence-corrected chi connectivity index (χ4v) is 8.75. The molecule has 0 aromatic heterocycles. The molecular formula is C39H66Al2O12. The molecule has 12 nitrogen and oxygen atoms in total. The summed E-state index contributed by atoms with van der Waals surface area (Å²) in [5.74, 6) is -2.92. The molecule has 300 valence electrons.